The fourth-order valence-electron chi connectivity index (χ4n) is 2.15. The van der Waals surface area contributed by atoms with Gasteiger partial charge in [0.25, 0.3) is 0 Å². The molecule has 1 rings (SSSR count). The Morgan fingerprint density at radius 2 is 1.95 bits per heavy atom. The van der Waals surface area contributed by atoms with E-state index in [0.717, 1.165) is 10.9 Å². The summed E-state index contributed by atoms with van der Waals surface area (Å²) in [6.07, 6.45) is 0.887. The first-order chi connectivity index (χ1) is 8.85. The number of aliphatic hydroxyl groups excluding tert-OH is 1. The van der Waals surface area contributed by atoms with Gasteiger partial charge in [0.1, 0.15) is 0 Å². The van der Waals surface area contributed by atoms with Crippen LogP contribution >= 0.6 is 15.9 Å². The van der Waals surface area contributed by atoms with Crippen LogP contribution in [-0.4, -0.2) is 35.2 Å². The van der Waals surface area contributed by atoms with Crippen molar-refractivity contribution < 1.29 is 5.11 Å². The number of benzene rings is 1. The summed E-state index contributed by atoms with van der Waals surface area (Å²) < 4.78 is 1.06. The van der Waals surface area contributed by atoms with Gasteiger partial charge < -0.3 is 10.8 Å². The molecule has 0 fully saturated rings. The largest absolute Gasteiger partial charge is 0.394 e. The highest BCUT2D eigenvalue weighted by molar-refractivity contribution is 9.10. The third kappa shape index (κ3) is 3.78. The van der Waals surface area contributed by atoms with Crippen molar-refractivity contribution in [3.63, 3.8) is 0 Å². The first kappa shape index (κ1) is 16.6. The summed E-state index contributed by atoms with van der Waals surface area (Å²) >= 11 is 3.61. The number of rotatable bonds is 6. The number of hydrogen-bond donors (Lipinski definition) is 2. The molecule has 0 aromatic heterocycles. The van der Waals surface area contributed by atoms with Crippen molar-refractivity contribution in [2.24, 2.45) is 5.73 Å². The summed E-state index contributed by atoms with van der Waals surface area (Å²) in [7, 11) is 2.02. The minimum atomic E-state index is -0.313. The molecule has 108 valence electrons. The first-order valence-corrected chi connectivity index (χ1v) is 7.48. The number of halogens is 1. The van der Waals surface area contributed by atoms with Crippen molar-refractivity contribution in [3.05, 3.63) is 34.3 Å². The maximum atomic E-state index is 9.59. The third-order valence-corrected chi connectivity index (χ3v) is 4.58. The SMILES string of the molecule is CCC(N)C(c1ccccc1Br)N(C)C(C)(C)CO. The van der Waals surface area contributed by atoms with Crippen LogP contribution in [0.1, 0.15) is 38.8 Å². The van der Waals surface area contributed by atoms with Crippen LogP contribution in [0.3, 0.4) is 0 Å². The lowest BCUT2D eigenvalue weighted by Gasteiger charge is -2.43. The zero-order chi connectivity index (χ0) is 14.6. The van der Waals surface area contributed by atoms with Gasteiger partial charge in [-0.3, -0.25) is 4.90 Å². The van der Waals surface area contributed by atoms with E-state index >= 15 is 0 Å². The molecule has 0 aliphatic carbocycles. The summed E-state index contributed by atoms with van der Waals surface area (Å²) in [6, 6.07) is 8.24. The van der Waals surface area contributed by atoms with Gasteiger partial charge in [0.15, 0.2) is 0 Å². The normalized spacial score (nSPS) is 15.6. The van der Waals surface area contributed by atoms with Gasteiger partial charge in [0.2, 0.25) is 0 Å². The summed E-state index contributed by atoms with van der Waals surface area (Å²) in [5.41, 5.74) is 7.18. The van der Waals surface area contributed by atoms with Crippen LogP contribution in [-0.2, 0) is 0 Å². The van der Waals surface area contributed by atoms with Crippen molar-refractivity contribution in [2.75, 3.05) is 13.7 Å². The van der Waals surface area contributed by atoms with Crippen LogP contribution in [0.25, 0.3) is 0 Å². The smallest absolute Gasteiger partial charge is 0.0610 e. The summed E-state index contributed by atoms with van der Waals surface area (Å²) in [4.78, 5) is 2.17. The van der Waals surface area contributed by atoms with E-state index in [1.807, 2.05) is 39.1 Å². The van der Waals surface area contributed by atoms with Crippen LogP contribution in [0.2, 0.25) is 0 Å². The molecular weight excluding hydrogens is 304 g/mol. The summed E-state index contributed by atoms with van der Waals surface area (Å²) in [5, 5.41) is 9.59. The monoisotopic (exact) mass is 328 g/mol. The molecule has 0 bridgehead atoms. The minimum Gasteiger partial charge on any atom is -0.394 e. The molecule has 3 nitrogen and oxygen atoms in total. The summed E-state index contributed by atoms with van der Waals surface area (Å²) in [6.45, 7) is 6.24. The molecule has 0 radical (unpaired) electrons. The van der Waals surface area contributed by atoms with Gasteiger partial charge in [-0.15, -0.1) is 0 Å². The average molecular weight is 329 g/mol. The van der Waals surface area contributed by atoms with Gasteiger partial charge in [-0.05, 0) is 38.9 Å². The molecule has 4 heteroatoms. The number of nitrogens with zero attached hydrogens (tertiary/aromatic N) is 1. The number of aliphatic hydroxyl groups is 1. The van der Waals surface area contributed by atoms with Crippen molar-refractivity contribution in [1.29, 1.82) is 0 Å². The molecule has 0 aliphatic heterocycles. The van der Waals surface area contributed by atoms with E-state index < -0.39 is 0 Å². The minimum absolute atomic E-state index is 0.0227. The van der Waals surface area contributed by atoms with Gasteiger partial charge in [0.05, 0.1) is 12.6 Å². The maximum absolute atomic E-state index is 9.59. The van der Waals surface area contributed by atoms with Crippen molar-refractivity contribution in [2.45, 2.75) is 44.8 Å². The third-order valence-electron chi connectivity index (χ3n) is 3.86. The predicted molar refractivity (Wildman–Crippen MR) is 84.1 cm³/mol. The van der Waals surface area contributed by atoms with Crippen LogP contribution in [0.4, 0.5) is 0 Å². The van der Waals surface area contributed by atoms with Gasteiger partial charge in [-0.2, -0.15) is 0 Å². The van der Waals surface area contributed by atoms with Crippen molar-refractivity contribution in [3.8, 4) is 0 Å². The Labute approximate surface area is 124 Å². The van der Waals surface area contributed by atoms with E-state index in [1.165, 1.54) is 5.56 Å². The van der Waals surface area contributed by atoms with Gasteiger partial charge in [-0.25, -0.2) is 0 Å². The molecule has 1 aromatic carbocycles. The topological polar surface area (TPSA) is 49.5 Å². The molecule has 1 aromatic rings. The van der Waals surface area contributed by atoms with E-state index in [2.05, 4.69) is 33.8 Å². The molecule has 0 saturated heterocycles. The average Bonchev–Trinajstić information content (AvgIpc) is 2.40. The Balaban J connectivity index is 3.20. The molecule has 0 heterocycles. The van der Waals surface area contributed by atoms with Crippen molar-refractivity contribution >= 4 is 15.9 Å². The lowest BCUT2D eigenvalue weighted by atomic mass is 9.92. The zero-order valence-corrected chi connectivity index (χ0v) is 13.8. The standard InChI is InChI=1S/C15H25BrN2O/c1-5-13(17)14(18(4)15(2,3)10-19)11-8-6-7-9-12(11)16/h6-9,13-14,19H,5,10,17H2,1-4H3. The Bertz CT molecular complexity index is 409. The van der Waals surface area contributed by atoms with Crippen molar-refractivity contribution in [1.82, 2.24) is 4.90 Å². The Hall–Kier alpha value is -0.420. The zero-order valence-electron chi connectivity index (χ0n) is 12.2. The summed E-state index contributed by atoms with van der Waals surface area (Å²) in [5.74, 6) is 0. The molecular formula is C15H25BrN2O. The number of hydrogen-bond acceptors (Lipinski definition) is 3. The van der Waals surface area contributed by atoms with E-state index in [9.17, 15) is 5.11 Å². The second-order valence-electron chi connectivity index (χ2n) is 5.62. The van der Waals surface area contributed by atoms with Gasteiger partial charge >= 0.3 is 0 Å². The van der Waals surface area contributed by atoms with Crippen LogP contribution < -0.4 is 5.73 Å². The predicted octanol–water partition coefficient (Wildman–Crippen LogP) is 2.93. The Morgan fingerprint density at radius 1 is 1.37 bits per heavy atom. The maximum Gasteiger partial charge on any atom is 0.0610 e. The molecule has 0 saturated carbocycles. The fraction of sp³-hybridized carbons (Fsp3) is 0.600. The Morgan fingerprint density at radius 3 is 2.42 bits per heavy atom. The highest BCUT2D eigenvalue weighted by atomic mass is 79.9. The molecule has 2 atom stereocenters. The molecule has 3 N–H and O–H groups in total. The fourth-order valence-corrected chi connectivity index (χ4v) is 2.67. The Kier molecular flexibility index (Phi) is 5.99. The highest BCUT2D eigenvalue weighted by Crippen LogP contribution is 2.33. The molecule has 0 amide bonds. The van der Waals surface area contributed by atoms with Crippen LogP contribution in [0.15, 0.2) is 28.7 Å². The molecule has 2 unspecified atom stereocenters. The second kappa shape index (κ2) is 6.84. The van der Waals surface area contributed by atoms with Gasteiger partial charge in [0, 0.05) is 16.1 Å². The lowest BCUT2D eigenvalue weighted by molar-refractivity contribution is 0.0343. The highest BCUT2D eigenvalue weighted by Gasteiger charge is 2.33. The van der Waals surface area contributed by atoms with Gasteiger partial charge in [-0.1, -0.05) is 41.1 Å². The van der Waals surface area contributed by atoms with Crippen LogP contribution in [0.5, 0.6) is 0 Å². The molecule has 0 spiro atoms. The van der Waals surface area contributed by atoms with E-state index in [0.29, 0.717) is 0 Å². The quantitative estimate of drug-likeness (QED) is 0.844. The lowest BCUT2D eigenvalue weighted by Crippen LogP contribution is -2.51. The van der Waals surface area contributed by atoms with Crippen LogP contribution in [0, 0.1) is 0 Å². The second-order valence-corrected chi connectivity index (χ2v) is 6.47. The number of likely N-dealkylation sites (N-methyl/N-ethyl adjacent to an activating group) is 1. The first-order valence-electron chi connectivity index (χ1n) is 6.69. The molecule has 19 heavy (non-hydrogen) atoms. The van der Waals surface area contributed by atoms with E-state index in [4.69, 9.17) is 5.73 Å². The number of nitrogens with two attached hydrogens (primary N) is 1. The molecule has 0 aliphatic rings. The van der Waals surface area contributed by atoms with E-state index in [1.54, 1.807) is 0 Å². The van der Waals surface area contributed by atoms with E-state index in [-0.39, 0.29) is 24.2 Å².